The predicted molar refractivity (Wildman–Crippen MR) is 66.8 cm³/mol. The first-order chi connectivity index (χ1) is 8.34. The first-order valence-corrected chi connectivity index (χ1v) is 6.90. The summed E-state index contributed by atoms with van der Waals surface area (Å²) in [5.74, 6) is 1.27. The second kappa shape index (κ2) is 6.97. The topological polar surface area (TPSA) is 50.4 Å². The Morgan fingerprint density at radius 2 is 2.18 bits per heavy atom. The van der Waals surface area contributed by atoms with Crippen molar-refractivity contribution < 1.29 is 9.53 Å². The minimum atomic E-state index is 0.212. The van der Waals surface area contributed by atoms with Gasteiger partial charge in [-0.15, -0.1) is 0 Å². The molecule has 2 aliphatic rings. The molecular formula is C13H24N2O2. The molecular weight excluding hydrogens is 216 g/mol. The Bertz CT molecular complexity index is 234. The molecule has 0 aliphatic carbocycles. The molecule has 0 saturated carbocycles. The number of rotatable bonds is 4. The summed E-state index contributed by atoms with van der Waals surface area (Å²) in [6.07, 6.45) is 5.39. The second-order valence-corrected chi connectivity index (χ2v) is 5.30. The van der Waals surface area contributed by atoms with Gasteiger partial charge in [0.2, 0.25) is 5.91 Å². The number of hydrogen-bond donors (Lipinski definition) is 2. The molecule has 0 bridgehead atoms. The van der Waals surface area contributed by atoms with E-state index in [4.69, 9.17) is 4.74 Å². The first-order valence-electron chi connectivity index (χ1n) is 6.90. The van der Waals surface area contributed by atoms with Crippen molar-refractivity contribution in [3.63, 3.8) is 0 Å². The maximum absolute atomic E-state index is 11.8. The van der Waals surface area contributed by atoms with Crippen molar-refractivity contribution in [1.82, 2.24) is 10.6 Å². The molecule has 0 spiro atoms. The molecule has 0 aromatic rings. The lowest BCUT2D eigenvalue weighted by Crippen LogP contribution is -2.37. The normalized spacial score (nSPS) is 29.9. The fourth-order valence-electron chi connectivity index (χ4n) is 2.66. The molecule has 98 valence electrons. The van der Waals surface area contributed by atoms with Crippen LogP contribution in [0, 0.1) is 11.8 Å². The predicted octanol–water partition coefficient (Wildman–Crippen LogP) is 0.919. The lowest BCUT2D eigenvalue weighted by atomic mass is 9.95. The zero-order valence-electron chi connectivity index (χ0n) is 10.5. The molecule has 4 nitrogen and oxygen atoms in total. The smallest absolute Gasteiger partial charge is 0.220 e. The second-order valence-electron chi connectivity index (χ2n) is 5.30. The van der Waals surface area contributed by atoms with Crippen LogP contribution >= 0.6 is 0 Å². The van der Waals surface area contributed by atoms with Crippen molar-refractivity contribution >= 4 is 5.91 Å². The van der Waals surface area contributed by atoms with Crippen molar-refractivity contribution in [3.8, 4) is 0 Å². The fourth-order valence-corrected chi connectivity index (χ4v) is 2.66. The molecule has 2 fully saturated rings. The van der Waals surface area contributed by atoms with E-state index in [1.807, 2.05) is 0 Å². The Balaban J connectivity index is 1.59. The van der Waals surface area contributed by atoms with E-state index in [-0.39, 0.29) is 5.91 Å². The zero-order valence-corrected chi connectivity index (χ0v) is 10.5. The number of carbonyl (C=O) groups excluding carboxylic acids is 1. The van der Waals surface area contributed by atoms with Gasteiger partial charge in [0.05, 0.1) is 6.61 Å². The molecule has 1 amide bonds. The summed E-state index contributed by atoms with van der Waals surface area (Å²) in [7, 11) is 0. The molecule has 0 radical (unpaired) electrons. The summed E-state index contributed by atoms with van der Waals surface area (Å²) in [6.45, 7) is 4.60. The Kier molecular flexibility index (Phi) is 5.26. The van der Waals surface area contributed by atoms with E-state index in [2.05, 4.69) is 10.6 Å². The van der Waals surface area contributed by atoms with Crippen LogP contribution in [0.15, 0.2) is 0 Å². The lowest BCUT2D eigenvalue weighted by Gasteiger charge is -2.24. The quantitative estimate of drug-likeness (QED) is 0.768. The van der Waals surface area contributed by atoms with E-state index in [1.54, 1.807) is 0 Å². The van der Waals surface area contributed by atoms with Gasteiger partial charge >= 0.3 is 0 Å². The van der Waals surface area contributed by atoms with Crippen molar-refractivity contribution in [1.29, 1.82) is 0 Å². The van der Waals surface area contributed by atoms with Crippen LogP contribution in [0.4, 0.5) is 0 Å². The fraction of sp³-hybridized carbons (Fsp3) is 0.923. The number of piperidine rings is 1. The average molecular weight is 240 g/mol. The van der Waals surface area contributed by atoms with Crippen LogP contribution in [0.5, 0.6) is 0 Å². The highest BCUT2D eigenvalue weighted by Gasteiger charge is 2.18. The maximum atomic E-state index is 11.8. The maximum Gasteiger partial charge on any atom is 0.220 e. The molecule has 0 aromatic heterocycles. The number of nitrogens with one attached hydrogen (secondary N) is 2. The van der Waals surface area contributed by atoms with Gasteiger partial charge in [-0.25, -0.2) is 0 Å². The summed E-state index contributed by atoms with van der Waals surface area (Å²) in [5.41, 5.74) is 0. The van der Waals surface area contributed by atoms with Crippen LogP contribution in [0.1, 0.15) is 32.1 Å². The summed E-state index contributed by atoms with van der Waals surface area (Å²) in [4.78, 5) is 11.8. The van der Waals surface area contributed by atoms with Crippen LogP contribution in [0.25, 0.3) is 0 Å². The van der Waals surface area contributed by atoms with Crippen LogP contribution in [-0.2, 0) is 9.53 Å². The zero-order chi connectivity index (χ0) is 11.9. The third-order valence-corrected chi connectivity index (χ3v) is 3.72. The summed E-state index contributed by atoms with van der Waals surface area (Å²) < 4.78 is 5.40. The van der Waals surface area contributed by atoms with Crippen LogP contribution < -0.4 is 10.6 Å². The van der Waals surface area contributed by atoms with E-state index in [0.29, 0.717) is 18.3 Å². The van der Waals surface area contributed by atoms with Gasteiger partial charge in [0, 0.05) is 19.6 Å². The van der Waals surface area contributed by atoms with Gasteiger partial charge < -0.3 is 15.4 Å². The standard InChI is InChI=1S/C13H24N2O2/c16-13(7-11-3-1-5-14-8-11)15-9-12-4-2-6-17-10-12/h11-12,14H,1-10H2,(H,15,16). The Morgan fingerprint density at radius 1 is 1.29 bits per heavy atom. The Morgan fingerprint density at radius 3 is 2.88 bits per heavy atom. The van der Waals surface area contributed by atoms with Gasteiger partial charge in [-0.2, -0.15) is 0 Å². The summed E-state index contributed by atoms with van der Waals surface area (Å²) in [6, 6.07) is 0. The molecule has 2 atom stereocenters. The first kappa shape index (κ1) is 12.8. The molecule has 2 N–H and O–H groups in total. The number of carbonyl (C=O) groups is 1. The van der Waals surface area contributed by atoms with Crippen LogP contribution in [0.3, 0.4) is 0 Å². The molecule has 2 heterocycles. The SMILES string of the molecule is O=C(CC1CCCNC1)NCC1CCCOC1. The largest absolute Gasteiger partial charge is 0.381 e. The molecule has 2 unspecified atom stereocenters. The molecule has 0 aromatic carbocycles. The molecule has 2 aliphatic heterocycles. The van der Waals surface area contributed by atoms with Crippen molar-refractivity contribution in [2.24, 2.45) is 11.8 Å². The Labute approximate surface area is 103 Å². The van der Waals surface area contributed by atoms with Gasteiger partial charge in [0.15, 0.2) is 0 Å². The molecule has 4 heteroatoms. The third kappa shape index (κ3) is 4.64. The van der Waals surface area contributed by atoms with Gasteiger partial charge in [-0.05, 0) is 50.6 Å². The molecule has 2 rings (SSSR count). The summed E-state index contributed by atoms with van der Waals surface area (Å²) >= 11 is 0. The van der Waals surface area contributed by atoms with Crippen LogP contribution in [0.2, 0.25) is 0 Å². The van der Waals surface area contributed by atoms with E-state index >= 15 is 0 Å². The number of hydrogen-bond acceptors (Lipinski definition) is 3. The third-order valence-electron chi connectivity index (χ3n) is 3.72. The highest BCUT2D eigenvalue weighted by atomic mass is 16.5. The van der Waals surface area contributed by atoms with Gasteiger partial charge in [0.1, 0.15) is 0 Å². The minimum Gasteiger partial charge on any atom is -0.381 e. The van der Waals surface area contributed by atoms with Gasteiger partial charge in [-0.3, -0.25) is 4.79 Å². The van der Waals surface area contributed by atoms with Crippen molar-refractivity contribution in [2.45, 2.75) is 32.1 Å². The van der Waals surface area contributed by atoms with Crippen LogP contribution in [-0.4, -0.2) is 38.8 Å². The molecule has 2 saturated heterocycles. The van der Waals surface area contributed by atoms with Crippen molar-refractivity contribution in [2.75, 3.05) is 32.8 Å². The minimum absolute atomic E-state index is 0.212. The highest BCUT2D eigenvalue weighted by Crippen LogP contribution is 2.15. The average Bonchev–Trinajstić information content (AvgIpc) is 2.39. The highest BCUT2D eigenvalue weighted by molar-refractivity contribution is 5.76. The summed E-state index contributed by atoms with van der Waals surface area (Å²) in [5, 5.41) is 6.40. The number of amides is 1. The van der Waals surface area contributed by atoms with E-state index in [9.17, 15) is 4.79 Å². The number of ether oxygens (including phenoxy) is 1. The monoisotopic (exact) mass is 240 g/mol. The van der Waals surface area contributed by atoms with Gasteiger partial charge in [-0.1, -0.05) is 0 Å². The van der Waals surface area contributed by atoms with Gasteiger partial charge in [0.25, 0.3) is 0 Å². The van der Waals surface area contributed by atoms with E-state index < -0.39 is 0 Å². The van der Waals surface area contributed by atoms with E-state index in [0.717, 1.165) is 39.3 Å². The van der Waals surface area contributed by atoms with E-state index in [1.165, 1.54) is 19.3 Å². The van der Waals surface area contributed by atoms with Crippen molar-refractivity contribution in [3.05, 3.63) is 0 Å². The molecule has 17 heavy (non-hydrogen) atoms. The lowest BCUT2D eigenvalue weighted by molar-refractivity contribution is -0.122. The Hall–Kier alpha value is -0.610.